The second-order valence-corrected chi connectivity index (χ2v) is 2.86. The second kappa shape index (κ2) is 4.05. The summed E-state index contributed by atoms with van der Waals surface area (Å²) in [7, 11) is 0. The number of carbonyl (C=O) groups is 1. The van der Waals surface area contributed by atoms with Crippen LogP contribution in [0.3, 0.4) is 0 Å². The van der Waals surface area contributed by atoms with Gasteiger partial charge < -0.3 is 5.11 Å². The number of hydrogen-bond donors (Lipinski definition) is 1. The van der Waals surface area contributed by atoms with Crippen LogP contribution in [0.15, 0.2) is 18.2 Å². The Balaban J connectivity index is 2.96. The molecule has 0 aromatic carbocycles. The first-order valence-corrected chi connectivity index (χ1v) is 4.01. The number of halogens is 1. The van der Waals surface area contributed by atoms with Crippen LogP contribution in [0.2, 0.25) is 5.15 Å². The molecule has 68 valence electrons. The molecule has 1 N–H and O–H groups in total. The number of aromatic nitrogens is 1. The highest BCUT2D eigenvalue weighted by atomic mass is 35.5. The molecule has 1 aromatic heterocycles. The van der Waals surface area contributed by atoms with Crippen LogP contribution in [0.25, 0.3) is 6.08 Å². The second-order valence-electron chi connectivity index (χ2n) is 2.50. The quantitative estimate of drug-likeness (QED) is 0.584. The molecule has 0 spiro atoms. The van der Waals surface area contributed by atoms with E-state index in [9.17, 15) is 4.79 Å². The van der Waals surface area contributed by atoms with Crippen molar-refractivity contribution < 1.29 is 9.90 Å². The van der Waals surface area contributed by atoms with Crippen molar-refractivity contribution in [3.63, 3.8) is 0 Å². The average molecular weight is 198 g/mol. The molecule has 0 aliphatic heterocycles. The van der Waals surface area contributed by atoms with Gasteiger partial charge in [0, 0.05) is 17.3 Å². The summed E-state index contributed by atoms with van der Waals surface area (Å²) in [5, 5.41) is 8.69. The maximum Gasteiger partial charge on any atom is 0.328 e. The zero-order chi connectivity index (χ0) is 9.84. The minimum atomic E-state index is -1.00. The number of nitrogens with zero attached hydrogens (tertiary/aromatic N) is 1. The number of hydrogen-bond acceptors (Lipinski definition) is 2. The molecule has 1 rings (SSSR count). The fourth-order valence-corrected chi connectivity index (χ4v) is 1.08. The van der Waals surface area contributed by atoms with Gasteiger partial charge in [-0.25, -0.2) is 9.78 Å². The molecule has 0 fully saturated rings. The molecule has 4 heteroatoms. The summed E-state index contributed by atoms with van der Waals surface area (Å²) in [6.07, 6.45) is 2.44. The van der Waals surface area contributed by atoms with Crippen molar-refractivity contribution >= 4 is 23.6 Å². The third-order valence-electron chi connectivity index (χ3n) is 1.42. The Morgan fingerprint density at radius 2 is 2.31 bits per heavy atom. The highest BCUT2D eigenvalue weighted by Crippen LogP contribution is 2.14. The summed E-state index contributed by atoms with van der Waals surface area (Å²) in [6, 6.07) is 3.50. The molecule has 1 heterocycles. The van der Waals surface area contributed by atoms with Crippen molar-refractivity contribution in [1.29, 1.82) is 0 Å². The lowest BCUT2D eigenvalue weighted by Gasteiger charge is -1.97. The van der Waals surface area contributed by atoms with Gasteiger partial charge in [-0.3, -0.25) is 0 Å². The Kier molecular flexibility index (Phi) is 3.03. The van der Waals surface area contributed by atoms with Gasteiger partial charge in [0.05, 0.1) is 0 Å². The molecule has 0 bridgehead atoms. The molecule has 0 saturated carbocycles. The topological polar surface area (TPSA) is 50.2 Å². The van der Waals surface area contributed by atoms with Gasteiger partial charge in [0.1, 0.15) is 5.15 Å². The van der Waals surface area contributed by atoms with Crippen LogP contribution in [-0.2, 0) is 4.79 Å². The lowest BCUT2D eigenvalue weighted by molar-refractivity contribution is -0.131. The fourth-order valence-electron chi connectivity index (χ4n) is 0.821. The molecule has 1 aromatic rings. The van der Waals surface area contributed by atoms with Crippen molar-refractivity contribution in [2.45, 2.75) is 6.92 Å². The highest BCUT2D eigenvalue weighted by molar-refractivity contribution is 6.30. The van der Waals surface area contributed by atoms with Crippen molar-refractivity contribution in [3.05, 3.63) is 34.6 Å². The third kappa shape index (κ3) is 2.87. The minimum Gasteiger partial charge on any atom is -0.478 e. The number of carboxylic acid groups (broad SMARTS) is 1. The average Bonchev–Trinajstić information content (AvgIpc) is 2.02. The summed E-state index contributed by atoms with van der Waals surface area (Å²) < 4.78 is 0. The van der Waals surface area contributed by atoms with Crippen molar-refractivity contribution in [2.75, 3.05) is 0 Å². The van der Waals surface area contributed by atoms with Gasteiger partial charge >= 0.3 is 5.97 Å². The minimum absolute atomic E-state index is 0.317. The van der Waals surface area contributed by atoms with E-state index in [4.69, 9.17) is 16.7 Å². The number of aryl methyl sites for hydroxylation is 1. The third-order valence-corrected chi connectivity index (χ3v) is 1.73. The number of carboxylic acids is 1. The van der Waals surface area contributed by atoms with Gasteiger partial charge in [-0.15, -0.1) is 0 Å². The van der Waals surface area contributed by atoms with Crippen LogP contribution >= 0.6 is 11.6 Å². The van der Waals surface area contributed by atoms with E-state index >= 15 is 0 Å². The largest absolute Gasteiger partial charge is 0.478 e. The van der Waals surface area contributed by atoms with Gasteiger partial charge in [0.15, 0.2) is 0 Å². The van der Waals surface area contributed by atoms with E-state index in [0.29, 0.717) is 10.7 Å². The molecule has 0 amide bonds. The molecular weight excluding hydrogens is 190 g/mol. The van der Waals surface area contributed by atoms with Crippen molar-refractivity contribution in [2.24, 2.45) is 0 Å². The Morgan fingerprint density at radius 3 is 2.85 bits per heavy atom. The summed E-state index contributed by atoms with van der Waals surface area (Å²) in [5.74, 6) is -1.00. The zero-order valence-electron chi connectivity index (χ0n) is 6.99. The first-order valence-electron chi connectivity index (χ1n) is 3.64. The van der Waals surface area contributed by atoms with E-state index in [1.54, 1.807) is 12.1 Å². The maximum absolute atomic E-state index is 10.2. The molecule has 0 aliphatic rings. The Bertz CT molecular complexity index is 361. The predicted molar refractivity (Wildman–Crippen MR) is 50.7 cm³/mol. The molecule has 0 unspecified atom stereocenters. The van der Waals surface area contributed by atoms with E-state index in [1.807, 2.05) is 6.92 Å². The lowest BCUT2D eigenvalue weighted by Crippen LogP contribution is -1.88. The normalized spacial score (nSPS) is 10.6. The molecule has 0 atom stereocenters. The van der Waals surface area contributed by atoms with E-state index < -0.39 is 5.97 Å². The van der Waals surface area contributed by atoms with Gasteiger partial charge in [0.25, 0.3) is 0 Å². The number of aliphatic carboxylic acids is 1. The van der Waals surface area contributed by atoms with Gasteiger partial charge in [-0.1, -0.05) is 17.7 Å². The van der Waals surface area contributed by atoms with Crippen LogP contribution in [0.4, 0.5) is 0 Å². The van der Waals surface area contributed by atoms with E-state index in [0.717, 1.165) is 11.8 Å². The SMILES string of the molecule is Cc1ccc(/C=C/C(=O)O)c(Cl)n1. The summed E-state index contributed by atoms with van der Waals surface area (Å²) in [6.45, 7) is 1.82. The van der Waals surface area contributed by atoms with E-state index in [1.165, 1.54) is 6.08 Å². The van der Waals surface area contributed by atoms with Crippen LogP contribution < -0.4 is 0 Å². The molecular formula is C9H8ClNO2. The van der Waals surface area contributed by atoms with Crippen LogP contribution in [-0.4, -0.2) is 16.1 Å². The Hall–Kier alpha value is -1.35. The Morgan fingerprint density at radius 1 is 1.62 bits per heavy atom. The van der Waals surface area contributed by atoms with Crippen molar-refractivity contribution in [3.8, 4) is 0 Å². The zero-order valence-corrected chi connectivity index (χ0v) is 7.75. The van der Waals surface area contributed by atoms with E-state index in [-0.39, 0.29) is 0 Å². The van der Waals surface area contributed by atoms with Gasteiger partial charge in [-0.2, -0.15) is 0 Å². The smallest absolute Gasteiger partial charge is 0.328 e. The van der Waals surface area contributed by atoms with E-state index in [2.05, 4.69) is 4.98 Å². The predicted octanol–water partition coefficient (Wildman–Crippen LogP) is 2.14. The number of pyridine rings is 1. The first-order chi connectivity index (χ1) is 6.09. The van der Waals surface area contributed by atoms with Crippen LogP contribution in [0.1, 0.15) is 11.3 Å². The molecule has 0 saturated heterocycles. The maximum atomic E-state index is 10.2. The monoisotopic (exact) mass is 197 g/mol. The molecule has 13 heavy (non-hydrogen) atoms. The Labute approximate surface area is 80.7 Å². The highest BCUT2D eigenvalue weighted by Gasteiger charge is 1.98. The molecule has 3 nitrogen and oxygen atoms in total. The molecule has 0 radical (unpaired) electrons. The first kappa shape index (κ1) is 9.74. The van der Waals surface area contributed by atoms with Crippen LogP contribution in [0.5, 0.6) is 0 Å². The lowest BCUT2D eigenvalue weighted by atomic mass is 10.2. The van der Waals surface area contributed by atoms with Crippen molar-refractivity contribution in [1.82, 2.24) is 4.98 Å². The number of rotatable bonds is 2. The summed E-state index contributed by atoms with van der Waals surface area (Å²) >= 11 is 5.76. The summed E-state index contributed by atoms with van der Waals surface area (Å²) in [4.78, 5) is 14.2. The molecule has 0 aliphatic carbocycles. The van der Waals surface area contributed by atoms with Gasteiger partial charge in [-0.05, 0) is 19.1 Å². The standard InChI is InChI=1S/C9H8ClNO2/c1-6-2-3-7(9(10)11-6)4-5-8(12)13/h2-5H,1H3,(H,12,13)/b5-4+. The summed E-state index contributed by atoms with van der Waals surface area (Å²) in [5.41, 5.74) is 1.41. The van der Waals surface area contributed by atoms with Crippen LogP contribution in [0, 0.1) is 6.92 Å². The van der Waals surface area contributed by atoms with Gasteiger partial charge in [0.2, 0.25) is 0 Å². The fraction of sp³-hybridized carbons (Fsp3) is 0.111.